The number of hydrogen-bond acceptors (Lipinski definition) is 6. The van der Waals surface area contributed by atoms with Crippen LogP contribution in [0.2, 0.25) is 0 Å². The van der Waals surface area contributed by atoms with Crippen LogP contribution in [0.1, 0.15) is 74.1 Å². The zero-order chi connectivity index (χ0) is 21.3. The molecular formula is C25H28N6O. The van der Waals surface area contributed by atoms with E-state index in [9.17, 15) is 0 Å². The van der Waals surface area contributed by atoms with Crippen molar-refractivity contribution in [1.29, 1.82) is 0 Å². The van der Waals surface area contributed by atoms with E-state index < -0.39 is 0 Å². The Morgan fingerprint density at radius 3 is 2.78 bits per heavy atom. The summed E-state index contributed by atoms with van der Waals surface area (Å²) < 4.78 is 7.78. The fourth-order valence-electron chi connectivity index (χ4n) is 6.16. The highest BCUT2D eigenvalue weighted by Gasteiger charge is 2.45. The lowest BCUT2D eigenvalue weighted by Crippen LogP contribution is -2.38. The Kier molecular flexibility index (Phi) is 3.93. The van der Waals surface area contributed by atoms with Crippen molar-refractivity contribution >= 4 is 17.2 Å². The van der Waals surface area contributed by atoms with Crippen LogP contribution in [-0.4, -0.2) is 37.7 Å². The van der Waals surface area contributed by atoms with Crippen LogP contribution < -0.4 is 10.1 Å². The van der Waals surface area contributed by atoms with E-state index in [0.717, 1.165) is 40.4 Å². The molecule has 1 unspecified atom stereocenters. The molecule has 2 atom stereocenters. The molecule has 7 heteroatoms. The van der Waals surface area contributed by atoms with Gasteiger partial charge in [0.15, 0.2) is 5.65 Å². The number of fused-ring (bicyclic) bond motifs is 4. The lowest BCUT2D eigenvalue weighted by atomic mass is 9.60. The zero-order valence-corrected chi connectivity index (χ0v) is 18.4. The summed E-state index contributed by atoms with van der Waals surface area (Å²) in [6, 6.07) is 4.57. The molecule has 0 saturated heterocycles. The third-order valence-corrected chi connectivity index (χ3v) is 8.33. The SMILES string of the molecule is COc1nc(NC2CCC3(CCC3)CC2)nc2c1C(c1ccc3nncn3c1)=C[C@@H]1CC21. The maximum atomic E-state index is 5.83. The monoisotopic (exact) mass is 428 g/mol. The van der Waals surface area contributed by atoms with Gasteiger partial charge in [-0.1, -0.05) is 12.5 Å². The van der Waals surface area contributed by atoms with Crippen LogP contribution in [0.25, 0.3) is 11.2 Å². The van der Waals surface area contributed by atoms with E-state index >= 15 is 0 Å². The number of ether oxygens (including phenoxy) is 1. The van der Waals surface area contributed by atoms with Crippen molar-refractivity contribution in [3.8, 4) is 5.88 Å². The summed E-state index contributed by atoms with van der Waals surface area (Å²) in [6.07, 6.45) is 16.8. The zero-order valence-electron chi connectivity index (χ0n) is 18.4. The minimum absolute atomic E-state index is 0.466. The second kappa shape index (κ2) is 6.77. The van der Waals surface area contributed by atoms with Crippen LogP contribution in [0.15, 0.2) is 30.7 Å². The molecule has 0 bridgehead atoms. The Bertz CT molecular complexity index is 1230. The van der Waals surface area contributed by atoms with Gasteiger partial charge in [0.1, 0.15) is 6.33 Å². The summed E-state index contributed by atoms with van der Waals surface area (Å²) in [5, 5.41) is 11.8. The number of nitrogens with one attached hydrogen (secondary N) is 1. The van der Waals surface area contributed by atoms with Crippen LogP contribution in [-0.2, 0) is 0 Å². The smallest absolute Gasteiger partial charge is 0.226 e. The minimum atomic E-state index is 0.466. The number of allylic oxidation sites excluding steroid dienone is 1. The highest BCUT2D eigenvalue weighted by Crippen LogP contribution is 2.57. The predicted octanol–water partition coefficient (Wildman–Crippen LogP) is 4.60. The Balaban J connectivity index is 1.22. The molecule has 164 valence electrons. The highest BCUT2D eigenvalue weighted by molar-refractivity contribution is 5.86. The third-order valence-electron chi connectivity index (χ3n) is 8.33. The molecule has 3 heterocycles. The van der Waals surface area contributed by atoms with Crippen molar-refractivity contribution in [2.24, 2.45) is 11.3 Å². The van der Waals surface area contributed by atoms with Gasteiger partial charge in [0.05, 0.1) is 18.4 Å². The van der Waals surface area contributed by atoms with Crippen LogP contribution in [0, 0.1) is 11.3 Å². The molecule has 3 aromatic heterocycles. The topological polar surface area (TPSA) is 77.2 Å². The van der Waals surface area contributed by atoms with Gasteiger partial charge in [0, 0.05) is 18.2 Å². The Morgan fingerprint density at radius 2 is 2.00 bits per heavy atom. The van der Waals surface area contributed by atoms with Gasteiger partial charge in [-0.2, -0.15) is 4.98 Å². The van der Waals surface area contributed by atoms with Crippen molar-refractivity contribution in [2.75, 3.05) is 12.4 Å². The van der Waals surface area contributed by atoms with Gasteiger partial charge in [-0.3, -0.25) is 4.40 Å². The second-order valence-electron chi connectivity index (χ2n) is 10.2. The van der Waals surface area contributed by atoms with E-state index in [2.05, 4.69) is 33.9 Å². The van der Waals surface area contributed by atoms with Gasteiger partial charge in [-0.15, -0.1) is 10.2 Å². The van der Waals surface area contributed by atoms with E-state index in [0.29, 0.717) is 29.2 Å². The number of methoxy groups -OCH3 is 1. The van der Waals surface area contributed by atoms with E-state index in [1.54, 1.807) is 13.4 Å². The number of rotatable bonds is 4. The Hall–Kier alpha value is -2.96. The quantitative estimate of drug-likeness (QED) is 0.654. The first kappa shape index (κ1) is 18.6. The fourth-order valence-corrected chi connectivity index (χ4v) is 6.16. The van der Waals surface area contributed by atoms with E-state index in [1.165, 1.54) is 44.9 Å². The van der Waals surface area contributed by atoms with E-state index in [4.69, 9.17) is 14.7 Å². The second-order valence-corrected chi connectivity index (χ2v) is 10.2. The van der Waals surface area contributed by atoms with Crippen molar-refractivity contribution in [3.05, 3.63) is 47.6 Å². The molecule has 3 aromatic rings. The third kappa shape index (κ3) is 2.86. The summed E-state index contributed by atoms with van der Waals surface area (Å²) in [4.78, 5) is 9.90. The first-order valence-electron chi connectivity index (χ1n) is 12.0. The van der Waals surface area contributed by atoms with Crippen molar-refractivity contribution in [3.63, 3.8) is 0 Å². The summed E-state index contributed by atoms with van der Waals surface area (Å²) in [5.41, 5.74) is 5.96. The van der Waals surface area contributed by atoms with Gasteiger partial charge in [-0.25, -0.2) is 4.98 Å². The number of hydrogen-bond donors (Lipinski definition) is 1. The van der Waals surface area contributed by atoms with Gasteiger partial charge < -0.3 is 10.1 Å². The molecule has 3 fully saturated rings. The lowest BCUT2D eigenvalue weighted by Gasteiger charge is -2.47. The molecule has 4 aliphatic carbocycles. The Labute approximate surface area is 187 Å². The fraction of sp³-hybridized carbons (Fsp3) is 0.520. The summed E-state index contributed by atoms with van der Waals surface area (Å²) in [7, 11) is 1.72. The first-order chi connectivity index (χ1) is 15.7. The standard InChI is InChI=1S/C25H28N6O/c1-32-23-21-18(15-3-4-20-30-26-14-31(20)13-15)11-16-12-19(16)22(21)28-24(29-23)27-17-5-9-25(10-6-17)7-2-8-25/h3-4,11,13-14,16-17,19H,2,5-10,12H2,1H3,(H,27,28,29)/t16-,19?/m1/s1. The number of anilines is 1. The van der Waals surface area contributed by atoms with Crippen LogP contribution in [0.3, 0.4) is 0 Å². The molecule has 7 rings (SSSR count). The normalized spacial score (nSPS) is 25.6. The van der Waals surface area contributed by atoms with E-state index in [1.807, 2.05) is 10.5 Å². The number of aromatic nitrogens is 5. The largest absolute Gasteiger partial charge is 0.480 e. The molecule has 0 aliphatic heterocycles. The molecule has 1 N–H and O–H groups in total. The molecule has 7 nitrogen and oxygen atoms in total. The molecule has 4 aliphatic rings. The summed E-state index contributed by atoms with van der Waals surface area (Å²) in [5.74, 6) is 2.43. The van der Waals surface area contributed by atoms with Gasteiger partial charge in [0.2, 0.25) is 11.8 Å². The van der Waals surface area contributed by atoms with Crippen LogP contribution >= 0.6 is 0 Å². The number of nitrogens with zero attached hydrogens (tertiary/aromatic N) is 5. The average Bonchev–Trinajstić information content (AvgIpc) is 3.44. The molecule has 0 amide bonds. The summed E-state index contributed by atoms with van der Waals surface area (Å²) in [6.45, 7) is 0. The molecule has 0 radical (unpaired) electrons. The number of pyridine rings is 1. The van der Waals surface area contributed by atoms with Crippen molar-refractivity contribution in [2.45, 2.75) is 63.3 Å². The van der Waals surface area contributed by atoms with Gasteiger partial charge in [0.25, 0.3) is 0 Å². The molecule has 1 spiro atoms. The highest BCUT2D eigenvalue weighted by atomic mass is 16.5. The van der Waals surface area contributed by atoms with Crippen LogP contribution in [0.5, 0.6) is 5.88 Å². The summed E-state index contributed by atoms with van der Waals surface area (Å²) >= 11 is 0. The maximum Gasteiger partial charge on any atom is 0.226 e. The van der Waals surface area contributed by atoms with E-state index in [-0.39, 0.29) is 0 Å². The molecule has 3 saturated carbocycles. The predicted molar refractivity (Wildman–Crippen MR) is 122 cm³/mol. The van der Waals surface area contributed by atoms with Crippen molar-refractivity contribution in [1.82, 2.24) is 24.6 Å². The van der Waals surface area contributed by atoms with Crippen LogP contribution in [0.4, 0.5) is 5.95 Å². The van der Waals surface area contributed by atoms with Crippen molar-refractivity contribution < 1.29 is 4.74 Å². The van der Waals surface area contributed by atoms with Gasteiger partial charge in [-0.05, 0) is 79.5 Å². The minimum Gasteiger partial charge on any atom is -0.480 e. The maximum absolute atomic E-state index is 5.83. The first-order valence-corrected chi connectivity index (χ1v) is 12.0. The Morgan fingerprint density at radius 1 is 1.12 bits per heavy atom. The average molecular weight is 429 g/mol. The van der Waals surface area contributed by atoms with Gasteiger partial charge >= 0.3 is 0 Å². The molecular weight excluding hydrogens is 400 g/mol. The molecule has 0 aromatic carbocycles. The lowest BCUT2D eigenvalue weighted by molar-refractivity contribution is 0.0729. The molecule has 32 heavy (non-hydrogen) atoms.